The normalized spacial score (nSPS) is 16.2. The molecule has 0 aromatic heterocycles. The van der Waals surface area contributed by atoms with Gasteiger partial charge in [0.05, 0.1) is 7.11 Å². The third-order valence-corrected chi connectivity index (χ3v) is 1.93. The number of nitrogens with zero attached hydrogens (tertiary/aromatic N) is 1. The molecule has 1 N–H and O–H groups in total. The summed E-state index contributed by atoms with van der Waals surface area (Å²) in [6.45, 7) is 0.132. The van der Waals surface area contributed by atoms with Gasteiger partial charge in [-0.2, -0.15) is 0 Å². The van der Waals surface area contributed by atoms with E-state index in [4.69, 9.17) is 0 Å². The number of imide groups is 1. The third kappa shape index (κ3) is 2.53. The smallest absolute Gasteiger partial charge is 0.245 e. The van der Waals surface area contributed by atoms with Gasteiger partial charge < -0.3 is 0 Å². The van der Waals surface area contributed by atoms with Crippen molar-refractivity contribution in [1.82, 2.24) is 10.4 Å². The maximum atomic E-state index is 11.1. The van der Waals surface area contributed by atoms with Crippen LogP contribution in [0.15, 0.2) is 0 Å². The summed E-state index contributed by atoms with van der Waals surface area (Å²) in [6, 6.07) is 0. The Balaban J connectivity index is 2.33. The molecular weight excluding hydrogens is 188 g/mol. The monoisotopic (exact) mass is 200 g/mol. The molecule has 14 heavy (non-hydrogen) atoms. The first kappa shape index (κ1) is 10.6. The molecule has 3 amide bonds. The van der Waals surface area contributed by atoms with Gasteiger partial charge >= 0.3 is 0 Å². The predicted octanol–water partition coefficient (Wildman–Crippen LogP) is -0.797. The van der Waals surface area contributed by atoms with Crippen LogP contribution >= 0.6 is 0 Å². The van der Waals surface area contributed by atoms with Gasteiger partial charge in [0, 0.05) is 25.8 Å². The van der Waals surface area contributed by atoms with Gasteiger partial charge in [-0.1, -0.05) is 0 Å². The maximum Gasteiger partial charge on any atom is 0.245 e. The Morgan fingerprint density at radius 2 is 2.00 bits per heavy atom. The molecule has 0 spiro atoms. The molecule has 1 fully saturated rings. The Bertz CT molecular complexity index is 248. The van der Waals surface area contributed by atoms with E-state index in [2.05, 4.69) is 10.3 Å². The van der Waals surface area contributed by atoms with E-state index in [1.54, 1.807) is 0 Å². The van der Waals surface area contributed by atoms with E-state index in [-0.39, 0.29) is 43.5 Å². The summed E-state index contributed by atoms with van der Waals surface area (Å²) in [5.41, 5.74) is 2.11. The summed E-state index contributed by atoms with van der Waals surface area (Å²) < 4.78 is 0. The van der Waals surface area contributed by atoms with Crippen molar-refractivity contribution in [3.63, 3.8) is 0 Å². The van der Waals surface area contributed by atoms with Crippen LogP contribution in [-0.4, -0.2) is 36.3 Å². The molecule has 6 nitrogen and oxygen atoms in total. The zero-order valence-corrected chi connectivity index (χ0v) is 7.91. The van der Waals surface area contributed by atoms with Crippen molar-refractivity contribution in [3.8, 4) is 0 Å². The van der Waals surface area contributed by atoms with Crippen LogP contribution in [0.5, 0.6) is 0 Å². The van der Waals surface area contributed by atoms with Crippen LogP contribution in [0.3, 0.4) is 0 Å². The largest absolute Gasteiger partial charge is 0.282 e. The van der Waals surface area contributed by atoms with E-state index in [1.165, 1.54) is 7.11 Å². The Hall–Kier alpha value is -1.43. The van der Waals surface area contributed by atoms with Crippen LogP contribution in [-0.2, 0) is 19.2 Å². The van der Waals surface area contributed by atoms with Crippen molar-refractivity contribution < 1.29 is 19.2 Å². The van der Waals surface area contributed by atoms with Crippen molar-refractivity contribution in [2.45, 2.75) is 19.3 Å². The number of carbonyl (C=O) groups excluding carboxylic acids is 3. The Labute approximate surface area is 81.1 Å². The average molecular weight is 200 g/mol. The SMILES string of the molecule is CONC(=O)CCN1C(=O)CCC1=O. The van der Waals surface area contributed by atoms with Gasteiger partial charge in [0.1, 0.15) is 0 Å². The fourth-order valence-corrected chi connectivity index (χ4v) is 1.25. The second kappa shape index (κ2) is 4.71. The highest BCUT2D eigenvalue weighted by Gasteiger charge is 2.28. The van der Waals surface area contributed by atoms with Crippen molar-refractivity contribution in [2.24, 2.45) is 0 Å². The van der Waals surface area contributed by atoms with E-state index < -0.39 is 0 Å². The molecule has 0 aliphatic carbocycles. The zero-order valence-electron chi connectivity index (χ0n) is 7.91. The molecular formula is C8H12N2O4. The number of rotatable bonds is 4. The number of carbonyl (C=O) groups is 3. The molecule has 1 aliphatic heterocycles. The molecule has 1 heterocycles. The van der Waals surface area contributed by atoms with Crippen molar-refractivity contribution in [1.29, 1.82) is 0 Å². The second-order valence-corrected chi connectivity index (χ2v) is 2.92. The maximum absolute atomic E-state index is 11.1. The van der Waals surface area contributed by atoms with E-state index in [9.17, 15) is 14.4 Å². The number of likely N-dealkylation sites (tertiary alicyclic amines) is 1. The van der Waals surface area contributed by atoms with Gasteiger partial charge in [0.15, 0.2) is 0 Å². The Morgan fingerprint density at radius 1 is 1.43 bits per heavy atom. The summed E-state index contributed by atoms with van der Waals surface area (Å²) in [5.74, 6) is -0.763. The number of hydrogen-bond acceptors (Lipinski definition) is 4. The Morgan fingerprint density at radius 3 is 2.50 bits per heavy atom. The third-order valence-electron chi connectivity index (χ3n) is 1.93. The number of hydrogen-bond donors (Lipinski definition) is 1. The van der Waals surface area contributed by atoms with E-state index in [0.717, 1.165) is 4.90 Å². The molecule has 0 bridgehead atoms. The van der Waals surface area contributed by atoms with Crippen molar-refractivity contribution in [2.75, 3.05) is 13.7 Å². The van der Waals surface area contributed by atoms with Crippen LogP contribution in [0.1, 0.15) is 19.3 Å². The average Bonchev–Trinajstić information content (AvgIpc) is 2.44. The minimum atomic E-state index is -0.347. The molecule has 78 valence electrons. The van der Waals surface area contributed by atoms with Crippen molar-refractivity contribution in [3.05, 3.63) is 0 Å². The quantitative estimate of drug-likeness (QED) is 0.476. The summed E-state index contributed by atoms with van der Waals surface area (Å²) in [5, 5.41) is 0. The highest BCUT2D eigenvalue weighted by molar-refractivity contribution is 6.02. The van der Waals surface area contributed by atoms with Crippen molar-refractivity contribution >= 4 is 17.7 Å². The summed E-state index contributed by atoms with van der Waals surface area (Å²) in [6.07, 6.45) is 0.584. The van der Waals surface area contributed by atoms with E-state index in [1.807, 2.05) is 0 Å². The zero-order chi connectivity index (χ0) is 10.6. The molecule has 1 saturated heterocycles. The molecule has 0 saturated carbocycles. The van der Waals surface area contributed by atoms with Gasteiger partial charge in [0.25, 0.3) is 0 Å². The van der Waals surface area contributed by atoms with Gasteiger partial charge in [-0.25, -0.2) is 5.48 Å². The fourth-order valence-electron chi connectivity index (χ4n) is 1.25. The van der Waals surface area contributed by atoms with E-state index in [0.29, 0.717) is 0 Å². The minimum absolute atomic E-state index is 0.0747. The van der Waals surface area contributed by atoms with Crippen LogP contribution in [0.2, 0.25) is 0 Å². The van der Waals surface area contributed by atoms with Gasteiger partial charge in [-0.3, -0.25) is 24.1 Å². The summed E-state index contributed by atoms with van der Waals surface area (Å²) in [4.78, 5) is 38.6. The topological polar surface area (TPSA) is 75.7 Å². The summed E-state index contributed by atoms with van der Waals surface area (Å²) >= 11 is 0. The molecule has 0 radical (unpaired) electrons. The highest BCUT2D eigenvalue weighted by atomic mass is 16.6. The lowest BCUT2D eigenvalue weighted by Crippen LogP contribution is -2.33. The van der Waals surface area contributed by atoms with Crippen LogP contribution in [0.25, 0.3) is 0 Å². The van der Waals surface area contributed by atoms with E-state index >= 15 is 0 Å². The van der Waals surface area contributed by atoms with Gasteiger partial charge in [-0.15, -0.1) is 0 Å². The highest BCUT2D eigenvalue weighted by Crippen LogP contribution is 2.11. The lowest BCUT2D eigenvalue weighted by Gasteiger charge is -2.12. The first-order chi connectivity index (χ1) is 6.65. The molecule has 1 rings (SSSR count). The predicted molar refractivity (Wildman–Crippen MR) is 45.7 cm³/mol. The molecule has 0 aromatic rings. The first-order valence-electron chi connectivity index (χ1n) is 4.30. The van der Waals surface area contributed by atoms with Gasteiger partial charge in [-0.05, 0) is 0 Å². The molecule has 0 unspecified atom stereocenters. The number of hydroxylamine groups is 1. The molecule has 0 atom stereocenters. The number of nitrogens with one attached hydrogen (secondary N) is 1. The van der Waals surface area contributed by atoms with Crippen LogP contribution in [0, 0.1) is 0 Å². The van der Waals surface area contributed by atoms with Crippen LogP contribution in [0.4, 0.5) is 0 Å². The lowest BCUT2D eigenvalue weighted by atomic mass is 10.4. The lowest BCUT2D eigenvalue weighted by molar-refractivity contribution is -0.139. The fraction of sp³-hybridized carbons (Fsp3) is 0.625. The van der Waals surface area contributed by atoms with Gasteiger partial charge in [0.2, 0.25) is 17.7 Å². The van der Waals surface area contributed by atoms with Crippen LogP contribution < -0.4 is 5.48 Å². The Kier molecular flexibility index (Phi) is 3.58. The summed E-state index contributed by atoms with van der Waals surface area (Å²) in [7, 11) is 1.32. The minimum Gasteiger partial charge on any atom is -0.282 e. The molecule has 1 aliphatic rings. The second-order valence-electron chi connectivity index (χ2n) is 2.92. The first-order valence-corrected chi connectivity index (χ1v) is 4.30. The number of amides is 3. The standard InChI is InChI=1S/C8H12N2O4/c1-14-9-6(11)4-5-10-7(12)2-3-8(10)13/h2-5H2,1H3,(H,9,11). The molecule has 0 aromatic carbocycles. The molecule has 6 heteroatoms.